The molecule has 4 rings (SSSR count). The van der Waals surface area contributed by atoms with Crippen molar-refractivity contribution in [1.29, 1.82) is 0 Å². The molecule has 28 heavy (non-hydrogen) atoms. The van der Waals surface area contributed by atoms with E-state index in [-0.39, 0.29) is 11.2 Å². The Labute approximate surface area is 166 Å². The Bertz CT molecular complexity index is 921. The third-order valence-corrected chi connectivity index (χ3v) is 5.81. The van der Waals surface area contributed by atoms with Crippen LogP contribution in [0.15, 0.2) is 66.9 Å². The van der Waals surface area contributed by atoms with E-state index in [1.54, 1.807) is 6.07 Å². The molecule has 2 heterocycles. The number of phenolic OH excluding ortho intramolecular Hbond substituents is 1. The van der Waals surface area contributed by atoms with Gasteiger partial charge in [-0.2, -0.15) is 10.2 Å². The lowest BCUT2D eigenvalue weighted by atomic mass is 9.72. The average Bonchev–Trinajstić information content (AvgIpc) is 2.75. The van der Waals surface area contributed by atoms with E-state index in [0.717, 1.165) is 38.2 Å². The van der Waals surface area contributed by atoms with Gasteiger partial charge in [-0.15, -0.1) is 0 Å². The van der Waals surface area contributed by atoms with Crippen molar-refractivity contribution in [2.24, 2.45) is 0 Å². The van der Waals surface area contributed by atoms with Gasteiger partial charge in [0, 0.05) is 30.6 Å². The predicted molar refractivity (Wildman–Crippen MR) is 113 cm³/mol. The minimum Gasteiger partial charge on any atom is -0.507 e. The van der Waals surface area contributed by atoms with Crippen LogP contribution in [0.5, 0.6) is 5.75 Å². The Hall–Kier alpha value is -2.92. The van der Waals surface area contributed by atoms with Gasteiger partial charge in [-0.05, 0) is 43.7 Å². The van der Waals surface area contributed by atoms with Crippen molar-refractivity contribution in [3.63, 3.8) is 0 Å². The van der Waals surface area contributed by atoms with Crippen molar-refractivity contribution in [2.75, 3.05) is 31.6 Å². The highest BCUT2D eigenvalue weighted by molar-refractivity contribution is 5.69. The zero-order chi connectivity index (χ0) is 19.4. The molecule has 5 heteroatoms. The maximum absolute atomic E-state index is 10.1. The van der Waals surface area contributed by atoms with Gasteiger partial charge in [0.05, 0.1) is 17.6 Å². The highest BCUT2D eigenvalue weighted by Gasteiger charge is 2.35. The van der Waals surface area contributed by atoms with Crippen LogP contribution < -0.4 is 10.2 Å². The number of hydrogen-bond donors (Lipinski definition) is 2. The molecule has 3 aromatic rings. The van der Waals surface area contributed by atoms with Crippen molar-refractivity contribution in [3.8, 4) is 17.0 Å². The first-order valence-corrected chi connectivity index (χ1v) is 9.78. The van der Waals surface area contributed by atoms with Crippen molar-refractivity contribution < 1.29 is 5.11 Å². The Kier molecular flexibility index (Phi) is 5.26. The van der Waals surface area contributed by atoms with Crippen LogP contribution in [-0.2, 0) is 5.41 Å². The Morgan fingerprint density at radius 1 is 1.04 bits per heavy atom. The summed E-state index contributed by atoms with van der Waals surface area (Å²) in [6, 6.07) is 20.1. The van der Waals surface area contributed by atoms with Crippen LogP contribution in [0.4, 0.5) is 5.69 Å². The fourth-order valence-electron chi connectivity index (χ4n) is 4.24. The molecule has 0 atom stereocenters. The fraction of sp³-hybridized carbons (Fsp3) is 0.304. The van der Waals surface area contributed by atoms with Crippen LogP contribution in [0.1, 0.15) is 18.4 Å². The summed E-state index contributed by atoms with van der Waals surface area (Å²) in [6.45, 7) is 2.90. The summed E-state index contributed by atoms with van der Waals surface area (Å²) >= 11 is 0. The van der Waals surface area contributed by atoms with Crippen molar-refractivity contribution in [1.82, 2.24) is 15.5 Å². The third-order valence-electron chi connectivity index (χ3n) is 5.81. The van der Waals surface area contributed by atoms with Gasteiger partial charge in [-0.3, -0.25) is 0 Å². The van der Waals surface area contributed by atoms with E-state index < -0.39 is 0 Å². The summed E-state index contributed by atoms with van der Waals surface area (Å²) in [6.07, 6.45) is 3.97. The SMILES string of the molecule is CNCC1(c2ccccc2)CCN(c2cnnc(-c3ccccc3O)c2)CC1. The number of aromatic nitrogens is 2. The lowest BCUT2D eigenvalue weighted by Gasteiger charge is -2.43. The largest absolute Gasteiger partial charge is 0.507 e. The molecule has 0 bridgehead atoms. The van der Waals surface area contributed by atoms with Crippen LogP contribution in [0.3, 0.4) is 0 Å². The molecule has 0 spiro atoms. The van der Waals surface area contributed by atoms with E-state index in [1.807, 2.05) is 37.5 Å². The highest BCUT2D eigenvalue weighted by atomic mass is 16.3. The maximum atomic E-state index is 10.1. The summed E-state index contributed by atoms with van der Waals surface area (Å²) < 4.78 is 0. The first-order valence-electron chi connectivity index (χ1n) is 9.78. The maximum Gasteiger partial charge on any atom is 0.125 e. The summed E-state index contributed by atoms with van der Waals surface area (Å²) in [5.41, 5.74) is 4.03. The molecule has 0 unspecified atom stereocenters. The van der Waals surface area contributed by atoms with Gasteiger partial charge in [0.25, 0.3) is 0 Å². The molecule has 2 aromatic carbocycles. The van der Waals surface area contributed by atoms with Crippen LogP contribution in [0.25, 0.3) is 11.3 Å². The van der Waals surface area contributed by atoms with E-state index in [9.17, 15) is 5.11 Å². The molecule has 0 radical (unpaired) electrons. The zero-order valence-electron chi connectivity index (χ0n) is 16.2. The van der Waals surface area contributed by atoms with E-state index >= 15 is 0 Å². The lowest BCUT2D eigenvalue weighted by molar-refractivity contribution is 0.322. The second-order valence-corrected chi connectivity index (χ2v) is 7.48. The minimum absolute atomic E-state index is 0.160. The Balaban J connectivity index is 1.55. The van der Waals surface area contributed by atoms with Crippen LogP contribution in [0, 0.1) is 0 Å². The highest BCUT2D eigenvalue weighted by Crippen LogP contribution is 2.37. The third kappa shape index (κ3) is 3.58. The first-order chi connectivity index (χ1) is 13.7. The second kappa shape index (κ2) is 7.98. The number of piperidine rings is 1. The molecule has 144 valence electrons. The molecule has 1 aliphatic heterocycles. The van der Waals surface area contributed by atoms with E-state index in [1.165, 1.54) is 5.56 Å². The van der Waals surface area contributed by atoms with E-state index in [2.05, 4.69) is 50.7 Å². The number of rotatable bonds is 5. The summed E-state index contributed by atoms with van der Waals surface area (Å²) in [5, 5.41) is 21.9. The van der Waals surface area contributed by atoms with Crippen molar-refractivity contribution in [2.45, 2.75) is 18.3 Å². The number of para-hydroxylation sites is 1. The molecule has 1 fully saturated rings. The molecule has 1 aromatic heterocycles. The first kappa shape index (κ1) is 18.4. The molecule has 2 N–H and O–H groups in total. The number of anilines is 1. The van der Waals surface area contributed by atoms with Gasteiger partial charge in [-0.25, -0.2) is 0 Å². The number of nitrogens with zero attached hydrogens (tertiary/aromatic N) is 3. The van der Waals surface area contributed by atoms with Gasteiger partial charge in [-0.1, -0.05) is 42.5 Å². The van der Waals surface area contributed by atoms with Crippen LogP contribution >= 0.6 is 0 Å². The van der Waals surface area contributed by atoms with Crippen molar-refractivity contribution in [3.05, 3.63) is 72.4 Å². The molecular formula is C23H26N4O. The smallest absolute Gasteiger partial charge is 0.125 e. The quantitative estimate of drug-likeness (QED) is 0.714. The average molecular weight is 374 g/mol. The number of benzene rings is 2. The van der Waals surface area contributed by atoms with Gasteiger partial charge in [0.2, 0.25) is 0 Å². The molecule has 1 aliphatic rings. The number of hydrogen-bond acceptors (Lipinski definition) is 5. The molecular weight excluding hydrogens is 348 g/mol. The Morgan fingerprint density at radius 3 is 2.46 bits per heavy atom. The Morgan fingerprint density at radius 2 is 1.75 bits per heavy atom. The topological polar surface area (TPSA) is 61.3 Å². The predicted octanol–water partition coefficient (Wildman–Crippen LogP) is 3.61. The van der Waals surface area contributed by atoms with Crippen LogP contribution in [-0.4, -0.2) is 42.0 Å². The number of likely N-dealkylation sites (N-methyl/N-ethyl adjacent to an activating group) is 1. The standard InChI is InChI=1S/C23H26N4O/c1-24-17-23(18-7-3-2-4-8-18)11-13-27(14-12-23)19-15-21(26-25-16-19)20-9-5-6-10-22(20)28/h2-10,15-16,24,28H,11-14,17H2,1H3. The van der Waals surface area contributed by atoms with E-state index in [0.29, 0.717) is 11.3 Å². The minimum atomic E-state index is 0.160. The molecule has 5 nitrogen and oxygen atoms in total. The van der Waals surface area contributed by atoms with Gasteiger partial charge in [0.15, 0.2) is 0 Å². The van der Waals surface area contributed by atoms with Crippen molar-refractivity contribution >= 4 is 5.69 Å². The summed E-state index contributed by atoms with van der Waals surface area (Å²) in [7, 11) is 2.03. The van der Waals surface area contributed by atoms with E-state index in [4.69, 9.17) is 0 Å². The lowest BCUT2D eigenvalue weighted by Crippen LogP contribution is -2.47. The zero-order valence-corrected chi connectivity index (χ0v) is 16.2. The number of aromatic hydroxyl groups is 1. The second-order valence-electron chi connectivity index (χ2n) is 7.48. The van der Waals surface area contributed by atoms with Gasteiger partial charge in [0.1, 0.15) is 5.75 Å². The molecule has 0 saturated carbocycles. The van der Waals surface area contributed by atoms with Gasteiger partial charge >= 0.3 is 0 Å². The van der Waals surface area contributed by atoms with Crippen LogP contribution in [0.2, 0.25) is 0 Å². The van der Waals surface area contributed by atoms with Gasteiger partial charge < -0.3 is 15.3 Å². The molecule has 0 amide bonds. The summed E-state index contributed by atoms with van der Waals surface area (Å²) in [4.78, 5) is 2.37. The molecule has 1 saturated heterocycles. The summed E-state index contributed by atoms with van der Waals surface area (Å²) in [5.74, 6) is 0.227. The fourth-order valence-corrected chi connectivity index (χ4v) is 4.24. The number of nitrogens with one attached hydrogen (secondary N) is 1. The molecule has 0 aliphatic carbocycles. The monoisotopic (exact) mass is 374 g/mol. The number of phenols is 1. The normalized spacial score (nSPS) is 16.1.